The monoisotopic (exact) mass is 755 g/mol. The van der Waals surface area contributed by atoms with Crippen LogP contribution < -0.4 is 34.2 Å². The Labute approximate surface area is 324 Å². The van der Waals surface area contributed by atoms with E-state index in [1.807, 2.05) is 61.8 Å². The average molecular weight is 756 g/mol. The van der Waals surface area contributed by atoms with Crippen molar-refractivity contribution in [1.29, 1.82) is 0 Å². The van der Waals surface area contributed by atoms with Crippen molar-refractivity contribution in [2.45, 2.75) is 32.2 Å². The van der Waals surface area contributed by atoms with E-state index in [0.29, 0.717) is 95.3 Å². The van der Waals surface area contributed by atoms with Gasteiger partial charge in [-0.2, -0.15) is 0 Å². The number of allylic oxidation sites excluding steroid dienone is 1. The second-order valence-electron chi connectivity index (χ2n) is 13.5. The number of nitrogen functional groups attached to an aromatic ring is 1. The highest BCUT2D eigenvalue weighted by Crippen LogP contribution is 2.42. The maximum atomic E-state index is 13.8. The third kappa shape index (κ3) is 7.10. The molecule has 286 valence electrons. The number of carbonyl (C=O) groups is 2. The minimum absolute atomic E-state index is 0.176. The number of aliphatic imine (C=N–C) groups is 2. The molecule has 4 aromatic carbocycles. The Morgan fingerprint density at radius 1 is 0.839 bits per heavy atom. The Bertz CT molecular complexity index is 2320. The van der Waals surface area contributed by atoms with Crippen LogP contribution >= 0.6 is 0 Å². The molecular weight excluding hydrogens is 714 g/mol. The zero-order chi connectivity index (χ0) is 38.8. The van der Waals surface area contributed by atoms with Gasteiger partial charge in [-0.1, -0.05) is 25.1 Å². The van der Waals surface area contributed by atoms with Gasteiger partial charge in [0.2, 0.25) is 6.79 Å². The first-order valence-electron chi connectivity index (χ1n) is 18.4. The molecule has 0 unspecified atom stereocenters. The van der Waals surface area contributed by atoms with Crippen LogP contribution in [0.5, 0.6) is 34.5 Å². The van der Waals surface area contributed by atoms with Gasteiger partial charge in [-0.25, -0.2) is 0 Å². The van der Waals surface area contributed by atoms with Crippen LogP contribution in [0.15, 0.2) is 89.1 Å². The van der Waals surface area contributed by atoms with Crippen molar-refractivity contribution in [3.8, 4) is 34.5 Å². The lowest BCUT2D eigenvalue weighted by Gasteiger charge is -2.19. The minimum atomic E-state index is -0.235. The third-order valence-electron chi connectivity index (χ3n) is 10.0. The van der Waals surface area contributed by atoms with Gasteiger partial charge in [0, 0.05) is 55.5 Å². The summed E-state index contributed by atoms with van der Waals surface area (Å²) in [5.41, 5.74) is 12.4. The van der Waals surface area contributed by atoms with Gasteiger partial charge in [0.1, 0.15) is 0 Å². The predicted molar refractivity (Wildman–Crippen MR) is 213 cm³/mol. The van der Waals surface area contributed by atoms with E-state index >= 15 is 0 Å². The van der Waals surface area contributed by atoms with E-state index in [2.05, 4.69) is 4.99 Å². The van der Waals surface area contributed by atoms with Crippen LogP contribution in [-0.4, -0.2) is 80.9 Å². The SMILES string of the molecule is CC/C(=C\N1CC=Nc2cc(OCCCOc3cc4c(cc3OC)C(=O)N3C=C(c5ccc6c(c5)OCO6)C[C@H]3C=N4)c(OC)cc2C1=O)c1ccc(N)cc1. The van der Waals surface area contributed by atoms with Crippen LogP contribution in [0, 0.1) is 0 Å². The molecule has 13 nitrogen and oxygen atoms in total. The molecule has 4 aliphatic rings. The fourth-order valence-electron chi connectivity index (χ4n) is 7.02. The topological polar surface area (TPSA) is 147 Å². The number of fused-ring (bicyclic) bond motifs is 4. The Hall–Kier alpha value is -6.76. The first kappa shape index (κ1) is 36.2. The molecule has 1 atom stereocenters. The van der Waals surface area contributed by atoms with Gasteiger partial charge in [0.25, 0.3) is 11.8 Å². The van der Waals surface area contributed by atoms with Gasteiger partial charge in [-0.05, 0) is 65.1 Å². The second kappa shape index (κ2) is 15.5. The number of rotatable bonds is 12. The van der Waals surface area contributed by atoms with Crippen molar-refractivity contribution in [3.05, 3.63) is 101 Å². The van der Waals surface area contributed by atoms with E-state index in [0.717, 1.165) is 28.7 Å². The maximum Gasteiger partial charge on any atom is 0.260 e. The average Bonchev–Trinajstić information content (AvgIpc) is 3.82. The Morgan fingerprint density at radius 2 is 1.52 bits per heavy atom. The molecule has 0 radical (unpaired) electrons. The molecule has 56 heavy (non-hydrogen) atoms. The number of ether oxygens (including phenoxy) is 6. The van der Waals surface area contributed by atoms with Gasteiger partial charge >= 0.3 is 0 Å². The summed E-state index contributed by atoms with van der Waals surface area (Å²) in [6.45, 7) is 3.15. The molecule has 0 aliphatic carbocycles. The molecule has 0 saturated carbocycles. The highest BCUT2D eigenvalue weighted by Gasteiger charge is 2.34. The standard InChI is InChI=1S/C43H41N5O8/c1-4-26(27-6-9-30(44)10-7-27)23-47-13-12-45-34-20-40(37(51-2)18-32(34)42(47)49)53-14-5-15-54-41-21-35-33(19-38(41)52-3)43(50)48-24-29(16-31(48)22-46-35)28-8-11-36-39(17-28)56-25-55-36/h6-12,17-24,31H,4-5,13-16,25,44H2,1-3H3/b26-23+/t31-/m0/s1. The molecular formula is C43H41N5O8. The summed E-state index contributed by atoms with van der Waals surface area (Å²) in [4.78, 5) is 40.2. The largest absolute Gasteiger partial charge is 0.493 e. The number of anilines is 1. The van der Waals surface area contributed by atoms with Gasteiger partial charge in [0.05, 0.1) is 62.5 Å². The Morgan fingerprint density at radius 3 is 2.21 bits per heavy atom. The molecule has 4 aromatic rings. The lowest BCUT2D eigenvalue weighted by Crippen LogP contribution is -2.32. The van der Waals surface area contributed by atoms with Gasteiger partial charge in [-0.15, -0.1) is 0 Å². The van der Waals surface area contributed by atoms with Crippen LogP contribution in [0.2, 0.25) is 0 Å². The van der Waals surface area contributed by atoms with Crippen molar-refractivity contribution in [3.63, 3.8) is 0 Å². The number of benzene rings is 4. The number of carbonyl (C=O) groups excluding carboxylic acids is 2. The summed E-state index contributed by atoms with van der Waals surface area (Å²) in [7, 11) is 3.07. The Balaban J connectivity index is 0.909. The van der Waals surface area contributed by atoms with Gasteiger partial charge in [0.15, 0.2) is 34.5 Å². The first-order chi connectivity index (χ1) is 27.3. The van der Waals surface area contributed by atoms with Crippen molar-refractivity contribution in [2.75, 3.05) is 46.5 Å². The fraction of sp³-hybridized carbons (Fsp3) is 0.256. The molecule has 0 bridgehead atoms. The third-order valence-corrected chi connectivity index (χ3v) is 10.0. The smallest absolute Gasteiger partial charge is 0.260 e. The number of nitrogens with zero attached hydrogens (tertiary/aromatic N) is 4. The molecule has 0 fully saturated rings. The molecule has 0 spiro atoms. The van der Waals surface area contributed by atoms with Gasteiger partial charge < -0.3 is 44.0 Å². The lowest BCUT2D eigenvalue weighted by molar-refractivity contribution is 0.0815. The quantitative estimate of drug-likeness (QED) is 0.115. The zero-order valence-corrected chi connectivity index (χ0v) is 31.3. The molecule has 2 amide bonds. The van der Waals surface area contributed by atoms with Crippen molar-refractivity contribution < 1.29 is 38.0 Å². The number of hydrogen-bond acceptors (Lipinski definition) is 11. The van der Waals surface area contributed by atoms with Gasteiger partial charge in [-0.3, -0.25) is 19.6 Å². The molecule has 0 aromatic heterocycles. The molecule has 4 heterocycles. The summed E-state index contributed by atoms with van der Waals surface area (Å²) < 4.78 is 34.5. The highest BCUT2D eigenvalue weighted by molar-refractivity contribution is 6.06. The van der Waals surface area contributed by atoms with Crippen molar-refractivity contribution in [2.24, 2.45) is 9.98 Å². The van der Waals surface area contributed by atoms with E-state index in [-0.39, 0.29) is 24.6 Å². The molecule has 8 rings (SSSR count). The molecule has 0 saturated heterocycles. The van der Waals surface area contributed by atoms with E-state index < -0.39 is 0 Å². The van der Waals surface area contributed by atoms with E-state index in [1.165, 1.54) is 14.2 Å². The molecule has 4 aliphatic heterocycles. The molecule has 2 N–H and O–H groups in total. The number of hydrogen-bond donors (Lipinski definition) is 1. The minimum Gasteiger partial charge on any atom is -0.493 e. The van der Waals surface area contributed by atoms with Crippen LogP contribution in [0.3, 0.4) is 0 Å². The van der Waals surface area contributed by atoms with Crippen LogP contribution in [0.1, 0.15) is 58.0 Å². The summed E-state index contributed by atoms with van der Waals surface area (Å²) >= 11 is 0. The summed E-state index contributed by atoms with van der Waals surface area (Å²) in [5.74, 6) is 2.80. The maximum absolute atomic E-state index is 13.8. The van der Waals surface area contributed by atoms with Crippen molar-refractivity contribution >= 4 is 52.5 Å². The second-order valence-corrected chi connectivity index (χ2v) is 13.5. The molecule has 13 heteroatoms. The van der Waals surface area contributed by atoms with E-state index in [4.69, 9.17) is 39.1 Å². The van der Waals surface area contributed by atoms with E-state index in [9.17, 15) is 9.59 Å². The predicted octanol–water partition coefficient (Wildman–Crippen LogP) is 7.44. The van der Waals surface area contributed by atoms with Crippen LogP contribution in [0.4, 0.5) is 17.1 Å². The van der Waals surface area contributed by atoms with Crippen LogP contribution in [0.25, 0.3) is 11.1 Å². The highest BCUT2D eigenvalue weighted by atomic mass is 16.7. The van der Waals surface area contributed by atoms with Crippen LogP contribution in [-0.2, 0) is 0 Å². The zero-order valence-electron chi connectivity index (χ0n) is 31.3. The van der Waals surface area contributed by atoms with Crippen molar-refractivity contribution in [1.82, 2.24) is 9.80 Å². The fourth-order valence-corrected chi connectivity index (χ4v) is 7.02. The number of amides is 2. The normalized spacial score (nSPS) is 16.8. The number of nitrogens with two attached hydrogens (primary N) is 1. The summed E-state index contributed by atoms with van der Waals surface area (Å²) in [6, 6.07) is 20.0. The summed E-state index contributed by atoms with van der Waals surface area (Å²) in [6.07, 6.45) is 9.12. The lowest BCUT2D eigenvalue weighted by atomic mass is 10.0. The summed E-state index contributed by atoms with van der Waals surface area (Å²) in [5, 5.41) is 0. The first-order valence-corrected chi connectivity index (χ1v) is 18.4. The Kier molecular flexibility index (Phi) is 10.1. The van der Waals surface area contributed by atoms with E-state index in [1.54, 1.807) is 46.5 Å². The number of methoxy groups -OCH3 is 2.